The Kier molecular flexibility index (Phi) is 5.29. The molecule has 1 aliphatic carbocycles. The molecule has 1 amide bonds. The molecule has 0 aliphatic heterocycles. The molecule has 16 heavy (non-hydrogen) atoms. The second kappa shape index (κ2) is 6.04. The van der Waals surface area contributed by atoms with Gasteiger partial charge >= 0.3 is 0 Å². The van der Waals surface area contributed by atoms with Crippen LogP contribution in [0.5, 0.6) is 0 Å². The molecule has 0 radical (unpaired) electrons. The lowest BCUT2D eigenvalue weighted by Gasteiger charge is -2.37. The van der Waals surface area contributed by atoms with Crippen LogP contribution < -0.4 is 5.32 Å². The molecule has 0 heterocycles. The molecule has 2 nitrogen and oxygen atoms in total. The minimum Gasteiger partial charge on any atom is -0.356 e. The third-order valence-electron chi connectivity index (χ3n) is 3.67. The Balaban J connectivity index is 2.40. The molecular formula is C13H24BrNO. The highest BCUT2D eigenvalue weighted by Crippen LogP contribution is 2.40. The van der Waals surface area contributed by atoms with Crippen LogP contribution in [0.4, 0.5) is 0 Å². The average molecular weight is 290 g/mol. The minimum atomic E-state index is 0.183. The van der Waals surface area contributed by atoms with Crippen LogP contribution in [0.15, 0.2) is 0 Å². The summed E-state index contributed by atoms with van der Waals surface area (Å²) in [4.78, 5) is 12.5. The second-order valence-corrected chi connectivity index (χ2v) is 7.21. The SMILES string of the molecule is CC(Br)CCNC(=O)C1CCCCC1(C)C. The number of hydrogen-bond donors (Lipinski definition) is 1. The zero-order valence-electron chi connectivity index (χ0n) is 10.7. The van der Waals surface area contributed by atoms with Gasteiger partial charge in [0.15, 0.2) is 0 Å². The second-order valence-electron chi connectivity index (χ2n) is 5.65. The van der Waals surface area contributed by atoms with Gasteiger partial charge in [-0.05, 0) is 24.7 Å². The fourth-order valence-electron chi connectivity index (χ4n) is 2.50. The zero-order valence-corrected chi connectivity index (χ0v) is 12.3. The van der Waals surface area contributed by atoms with Crippen molar-refractivity contribution in [2.45, 2.75) is 57.7 Å². The number of rotatable bonds is 4. The van der Waals surface area contributed by atoms with Crippen LogP contribution in [0.3, 0.4) is 0 Å². The molecule has 1 rings (SSSR count). The van der Waals surface area contributed by atoms with Crippen molar-refractivity contribution < 1.29 is 4.79 Å². The summed E-state index contributed by atoms with van der Waals surface area (Å²) < 4.78 is 0. The van der Waals surface area contributed by atoms with Crippen LogP contribution in [0.25, 0.3) is 0 Å². The largest absolute Gasteiger partial charge is 0.356 e. The first-order valence-electron chi connectivity index (χ1n) is 6.35. The van der Waals surface area contributed by atoms with E-state index in [0.717, 1.165) is 19.4 Å². The number of amides is 1. The van der Waals surface area contributed by atoms with Crippen LogP contribution in [-0.4, -0.2) is 17.3 Å². The third kappa shape index (κ3) is 4.08. The van der Waals surface area contributed by atoms with Crippen LogP contribution in [0, 0.1) is 11.3 Å². The molecule has 0 aromatic rings. The van der Waals surface area contributed by atoms with E-state index in [4.69, 9.17) is 0 Å². The molecule has 1 fully saturated rings. The van der Waals surface area contributed by atoms with E-state index in [1.165, 1.54) is 19.3 Å². The van der Waals surface area contributed by atoms with Gasteiger partial charge < -0.3 is 5.32 Å². The molecule has 1 N–H and O–H groups in total. The summed E-state index contributed by atoms with van der Waals surface area (Å²) in [6.07, 6.45) is 5.72. The van der Waals surface area contributed by atoms with Crippen LogP contribution in [0.2, 0.25) is 0 Å². The molecule has 1 aliphatic rings. The quantitative estimate of drug-likeness (QED) is 0.789. The topological polar surface area (TPSA) is 29.1 Å². The smallest absolute Gasteiger partial charge is 0.223 e. The molecule has 94 valence electrons. The van der Waals surface area contributed by atoms with Gasteiger partial charge in [0.25, 0.3) is 0 Å². The highest BCUT2D eigenvalue weighted by atomic mass is 79.9. The van der Waals surface area contributed by atoms with E-state index in [1.807, 2.05) is 0 Å². The number of carbonyl (C=O) groups is 1. The normalized spacial score (nSPS) is 26.1. The van der Waals surface area contributed by atoms with E-state index in [0.29, 0.717) is 4.83 Å². The van der Waals surface area contributed by atoms with Gasteiger partial charge in [0, 0.05) is 17.3 Å². The number of carbonyl (C=O) groups excluding carboxylic acids is 1. The van der Waals surface area contributed by atoms with E-state index < -0.39 is 0 Å². The standard InChI is InChI=1S/C13H24BrNO/c1-10(14)7-9-15-12(16)11-6-4-5-8-13(11,2)3/h10-11H,4-9H2,1-3H3,(H,15,16). The molecule has 0 aromatic heterocycles. The van der Waals surface area contributed by atoms with E-state index in [-0.39, 0.29) is 17.2 Å². The molecule has 3 heteroatoms. The van der Waals surface area contributed by atoms with Crippen molar-refractivity contribution in [3.63, 3.8) is 0 Å². The van der Waals surface area contributed by atoms with Crippen molar-refractivity contribution in [2.24, 2.45) is 11.3 Å². The molecule has 0 spiro atoms. The fourth-order valence-corrected chi connectivity index (χ4v) is 2.73. The maximum Gasteiger partial charge on any atom is 0.223 e. The van der Waals surface area contributed by atoms with Crippen molar-refractivity contribution in [1.82, 2.24) is 5.32 Å². The lowest BCUT2D eigenvalue weighted by Crippen LogP contribution is -2.41. The molecule has 0 saturated heterocycles. The van der Waals surface area contributed by atoms with Crippen LogP contribution in [-0.2, 0) is 4.79 Å². The Morgan fingerprint density at radius 1 is 1.50 bits per heavy atom. The first-order chi connectivity index (χ1) is 7.43. The summed E-state index contributed by atoms with van der Waals surface area (Å²) in [6.45, 7) is 7.35. The summed E-state index contributed by atoms with van der Waals surface area (Å²) in [7, 11) is 0. The van der Waals surface area contributed by atoms with Gasteiger partial charge in [0.05, 0.1) is 0 Å². The van der Waals surface area contributed by atoms with Gasteiger partial charge in [-0.25, -0.2) is 0 Å². The van der Waals surface area contributed by atoms with Crippen LogP contribution >= 0.6 is 15.9 Å². The van der Waals surface area contributed by atoms with Gasteiger partial charge in [-0.15, -0.1) is 0 Å². The van der Waals surface area contributed by atoms with Crippen molar-refractivity contribution in [3.8, 4) is 0 Å². The fraction of sp³-hybridized carbons (Fsp3) is 0.923. The van der Waals surface area contributed by atoms with Gasteiger partial charge in [0.1, 0.15) is 0 Å². The first-order valence-corrected chi connectivity index (χ1v) is 7.27. The summed E-state index contributed by atoms with van der Waals surface area (Å²) >= 11 is 3.49. The van der Waals surface area contributed by atoms with Crippen molar-refractivity contribution in [3.05, 3.63) is 0 Å². The molecule has 0 bridgehead atoms. The maximum atomic E-state index is 12.1. The zero-order chi connectivity index (χ0) is 12.2. The molecular weight excluding hydrogens is 266 g/mol. The number of halogens is 1. The summed E-state index contributed by atoms with van der Waals surface area (Å²) in [5.41, 5.74) is 0.183. The Morgan fingerprint density at radius 3 is 2.75 bits per heavy atom. The first kappa shape index (κ1) is 14.0. The van der Waals surface area contributed by atoms with Crippen molar-refractivity contribution in [1.29, 1.82) is 0 Å². The van der Waals surface area contributed by atoms with E-state index in [9.17, 15) is 4.79 Å². The van der Waals surface area contributed by atoms with E-state index in [1.54, 1.807) is 0 Å². The van der Waals surface area contributed by atoms with Gasteiger partial charge in [-0.2, -0.15) is 0 Å². The van der Waals surface area contributed by atoms with Gasteiger partial charge in [0.2, 0.25) is 5.91 Å². The highest BCUT2D eigenvalue weighted by Gasteiger charge is 2.36. The third-order valence-corrected chi connectivity index (χ3v) is 4.12. The van der Waals surface area contributed by atoms with E-state index >= 15 is 0 Å². The Bertz CT molecular complexity index is 238. The molecule has 1 saturated carbocycles. The minimum absolute atomic E-state index is 0.183. The van der Waals surface area contributed by atoms with Gasteiger partial charge in [-0.3, -0.25) is 4.79 Å². The Morgan fingerprint density at radius 2 is 2.19 bits per heavy atom. The Labute approximate surface area is 108 Å². The number of alkyl halides is 1. The number of nitrogens with one attached hydrogen (secondary N) is 1. The maximum absolute atomic E-state index is 12.1. The monoisotopic (exact) mass is 289 g/mol. The van der Waals surface area contributed by atoms with Gasteiger partial charge in [-0.1, -0.05) is 49.5 Å². The highest BCUT2D eigenvalue weighted by molar-refractivity contribution is 9.09. The summed E-state index contributed by atoms with van der Waals surface area (Å²) in [5, 5.41) is 3.07. The molecule has 2 atom stereocenters. The summed E-state index contributed by atoms with van der Waals surface area (Å²) in [6, 6.07) is 0. The summed E-state index contributed by atoms with van der Waals surface area (Å²) in [5.74, 6) is 0.477. The van der Waals surface area contributed by atoms with E-state index in [2.05, 4.69) is 42.0 Å². The molecule has 0 aromatic carbocycles. The predicted octanol–water partition coefficient (Wildman–Crippen LogP) is 3.49. The van der Waals surface area contributed by atoms with Crippen molar-refractivity contribution in [2.75, 3.05) is 6.54 Å². The lowest BCUT2D eigenvalue weighted by molar-refractivity contribution is -0.130. The predicted molar refractivity (Wildman–Crippen MR) is 71.8 cm³/mol. The lowest BCUT2D eigenvalue weighted by atomic mass is 9.68. The Hall–Kier alpha value is -0.0500. The molecule has 2 unspecified atom stereocenters. The average Bonchev–Trinajstić information content (AvgIpc) is 2.16. The van der Waals surface area contributed by atoms with Crippen LogP contribution in [0.1, 0.15) is 52.9 Å². The van der Waals surface area contributed by atoms with Crippen molar-refractivity contribution >= 4 is 21.8 Å². The number of hydrogen-bond acceptors (Lipinski definition) is 1.